The molecule has 0 aliphatic heterocycles. The van der Waals surface area contributed by atoms with Crippen LogP contribution < -0.4 is 5.32 Å². The van der Waals surface area contributed by atoms with Crippen molar-refractivity contribution in [3.63, 3.8) is 0 Å². The van der Waals surface area contributed by atoms with Gasteiger partial charge in [0.1, 0.15) is 0 Å². The number of benzene rings is 1. The molecule has 0 saturated carbocycles. The van der Waals surface area contributed by atoms with E-state index in [4.69, 9.17) is 11.6 Å². The summed E-state index contributed by atoms with van der Waals surface area (Å²) in [4.78, 5) is 11.5. The maximum absolute atomic E-state index is 12.9. The van der Waals surface area contributed by atoms with Gasteiger partial charge in [0.25, 0.3) is 5.91 Å². The van der Waals surface area contributed by atoms with E-state index in [9.17, 15) is 9.18 Å². The van der Waals surface area contributed by atoms with E-state index in [1.807, 2.05) is 16.8 Å². The highest BCUT2D eigenvalue weighted by atomic mass is 35.5. The molecule has 0 fully saturated rings. The number of halogens is 2. The maximum Gasteiger partial charge on any atom is 0.279 e. The summed E-state index contributed by atoms with van der Waals surface area (Å²) in [6.07, 6.45) is 4.25. The molecule has 1 aliphatic rings. The highest BCUT2D eigenvalue weighted by Crippen LogP contribution is 2.31. The molecular weight excluding hydrogens is 305 g/mol. The first-order chi connectivity index (χ1) is 10.6. The van der Waals surface area contributed by atoms with Gasteiger partial charge < -0.3 is 5.32 Å². The molecule has 1 N–H and O–H groups in total. The summed E-state index contributed by atoms with van der Waals surface area (Å²) >= 11 is 5.91. The molecule has 2 aromatic rings. The van der Waals surface area contributed by atoms with Gasteiger partial charge in [-0.1, -0.05) is 18.2 Å². The Kier molecular flexibility index (Phi) is 3.98. The monoisotopic (exact) mass is 319 g/mol. The molecule has 0 radical (unpaired) electrons. The van der Waals surface area contributed by atoms with Crippen molar-refractivity contribution >= 4 is 17.5 Å². The summed E-state index contributed by atoms with van der Waals surface area (Å²) in [6, 6.07) is 7.16. The smallest absolute Gasteiger partial charge is 0.279 e. The van der Waals surface area contributed by atoms with Gasteiger partial charge in [0.2, 0.25) is 0 Å². The Hall–Kier alpha value is -2.14. The molecule has 1 heterocycles. The van der Waals surface area contributed by atoms with Gasteiger partial charge >= 0.3 is 0 Å². The Morgan fingerprint density at radius 2 is 2.14 bits per heavy atom. The number of nitrogens with zero attached hydrogens (tertiary/aromatic N) is 2. The second-order valence-electron chi connectivity index (χ2n) is 5.26. The predicted molar refractivity (Wildman–Crippen MR) is 82.6 cm³/mol. The summed E-state index contributed by atoms with van der Waals surface area (Å²) in [6.45, 7) is 3.03. The van der Waals surface area contributed by atoms with Crippen molar-refractivity contribution in [1.82, 2.24) is 15.1 Å². The third-order valence-electron chi connectivity index (χ3n) is 3.81. The molecule has 3 rings (SSSR count). The van der Waals surface area contributed by atoms with Crippen LogP contribution in [-0.2, 0) is 11.2 Å². The Bertz CT molecular complexity index is 723. The molecule has 0 spiro atoms. The second kappa shape index (κ2) is 5.93. The topological polar surface area (TPSA) is 46.9 Å². The number of fused-ring (bicyclic) bond motifs is 1. The zero-order valence-electron chi connectivity index (χ0n) is 11.9. The molecule has 114 valence electrons. The van der Waals surface area contributed by atoms with Crippen LogP contribution in [0.3, 0.4) is 0 Å². The summed E-state index contributed by atoms with van der Waals surface area (Å²) in [5.74, 6) is -1.74. The molecule has 1 aromatic carbocycles. The third-order valence-corrected chi connectivity index (χ3v) is 4.06. The summed E-state index contributed by atoms with van der Waals surface area (Å²) < 4.78 is 14.7. The first-order valence-electron chi connectivity index (χ1n) is 7.04. The van der Waals surface area contributed by atoms with Gasteiger partial charge in [-0.15, -0.1) is 0 Å². The molecule has 4 nitrogen and oxygen atoms in total. The van der Waals surface area contributed by atoms with Crippen molar-refractivity contribution < 1.29 is 9.18 Å². The number of carbonyl (C=O) groups excluding carboxylic acids is 1. The highest BCUT2D eigenvalue weighted by molar-refractivity contribution is 6.30. The lowest BCUT2D eigenvalue weighted by molar-refractivity contribution is -0.119. The average molecular weight is 320 g/mol. The van der Waals surface area contributed by atoms with Gasteiger partial charge in [-0.25, -0.2) is 9.07 Å². The van der Waals surface area contributed by atoms with Crippen LogP contribution >= 0.6 is 11.6 Å². The van der Waals surface area contributed by atoms with Gasteiger partial charge in [0.15, 0.2) is 5.83 Å². The van der Waals surface area contributed by atoms with E-state index >= 15 is 0 Å². The number of rotatable bonds is 3. The van der Waals surface area contributed by atoms with Crippen molar-refractivity contribution in [1.29, 1.82) is 0 Å². The molecule has 1 unspecified atom stereocenters. The Balaban J connectivity index is 1.92. The Morgan fingerprint density at radius 1 is 1.41 bits per heavy atom. The number of nitrogens with one attached hydrogen (secondary N) is 1. The van der Waals surface area contributed by atoms with E-state index in [-0.39, 0.29) is 6.04 Å². The predicted octanol–water partition coefficient (Wildman–Crippen LogP) is 3.50. The SMILES string of the molecule is C=C(F)C(=O)NC1CCCc2c1cnn2-c1ccc(Cl)cc1. The maximum atomic E-state index is 12.9. The number of carbonyl (C=O) groups is 1. The molecule has 6 heteroatoms. The number of aromatic nitrogens is 2. The molecule has 0 bridgehead atoms. The molecular formula is C16H15ClFN3O. The number of amides is 1. The van der Waals surface area contributed by atoms with E-state index < -0.39 is 11.7 Å². The summed E-state index contributed by atoms with van der Waals surface area (Å²) in [5.41, 5.74) is 2.87. The lowest BCUT2D eigenvalue weighted by Gasteiger charge is -2.23. The first-order valence-corrected chi connectivity index (χ1v) is 7.42. The fourth-order valence-corrected chi connectivity index (χ4v) is 2.87. The van der Waals surface area contributed by atoms with E-state index in [0.29, 0.717) is 5.02 Å². The third kappa shape index (κ3) is 2.76. The van der Waals surface area contributed by atoms with Crippen LogP contribution in [-0.4, -0.2) is 15.7 Å². The van der Waals surface area contributed by atoms with E-state index in [2.05, 4.69) is 17.0 Å². The quantitative estimate of drug-likeness (QED) is 0.880. The molecule has 0 saturated heterocycles. The number of hydrogen-bond acceptors (Lipinski definition) is 2. The van der Waals surface area contributed by atoms with Crippen LogP contribution in [0.15, 0.2) is 42.9 Å². The Labute approximate surface area is 132 Å². The minimum Gasteiger partial charge on any atom is -0.343 e. The zero-order chi connectivity index (χ0) is 15.7. The minimum atomic E-state index is -0.975. The fourth-order valence-electron chi connectivity index (χ4n) is 2.75. The van der Waals surface area contributed by atoms with E-state index in [1.54, 1.807) is 18.3 Å². The first kappa shape index (κ1) is 14.8. The van der Waals surface area contributed by atoms with Crippen molar-refractivity contribution in [2.24, 2.45) is 0 Å². The highest BCUT2D eigenvalue weighted by Gasteiger charge is 2.26. The molecule has 1 aromatic heterocycles. The minimum absolute atomic E-state index is 0.232. The standard InChI is InChI=1S/C16H15ClFN3O/c1-10(18)16(22)20-14-3-2-4-15-13(14)9-19-21(15)12-7-5-11(17)6-8-12/h5-9,14H,1-4H2,(H,20,22). The van der Waals surface area contributed by atoms with Crippen LogP contribution in [0.1, 0.15) is 30.1 Å². The van der Waals surface area contributed by atoms with Crippen LogP contribution in [0.2, 0.25) is 5.02 Å². The lowest BCUT2D eigenvalue weighted by Crippen LogP contribution is -2.31. The zero-order valence-corrected chi connectivity index (χ0v) is 12.6. The average Bonchev–Trinajstić information content (AvgIpc) is 2.93. The van der Waals surface area contributed by atoms with Gasteiger partial charge in [0, 0.05) is 16.3 Å². The van der Waals surface area contributed by atoms with Crippen LogP contribution in [0.5, 0.6) is 0 Å². The van der Waals surface area contributed by atoms with E-state index in [0.717, 1.165) is 36.2 Å². The van der Waals surface area contributed by atoms with Gasteiger partial charge in [-0.2, -0.15) is 5.10 Å². The van der Waals surface area contributed by atoms with Crippen molar-refractivity contribution in [2.45, 2.75) is 25.3 Å². The lowest BCUT2D eigenvalue weighted by atomic mass is 9.93. The summed E-state index contributed by atoms with van der Waals surface area (Å²) in [7, 11) is 0. The van der Waals surface area contributed by atoms with E-state index in [1.165, 1.54) is 0 Å². The van der Waals surface area contributed by atoms with Gasteiger partial charge in [-0.05, 0) is 43.5 Å². The second-order valence-corrected chi connectivity index (χ2v) is 5.69. The van der Waals surface area contributed by atoms with Crippen molar-refractivity contribution in [3.8, 4) is 5.69 Å². The normalized spacial score (nSPS) is 16.9. The Morgan fingerprint density at radius 3 is 2.82 bits per heavy atom. The van der Waals surface area contributed by atoms with Crippen molar-refractivity contribution in [3.05, 3.63) is 59.1 Å². The van der Waals surface area contributed by atoms with Gasteiger partial charge in [-0.3, -0.25) is 4.79 Å². The van der Waals surface area contributed by atoms with Crippen LogP contribution in [0, 0.1) is 0 Å². The van der Waals surface area contributed by atoms with Crippen LogP contribution in [0.4, 0.5) is 4.39 Å². The molecule has 1 amide bonds. The largest absolute Gasteiger partial charge is 0.343 e. The van der Waals surface area contributed by atoms with Crippen LogP contribution in [0.25, 0.3) is 5.69 Å². The molecule has 1 atom stereocenters. The molecule has 1 aliphatic carbocycles. The summed E-state index contributed by atoms with van der Waals surface area (Å²) in [5, 5.41) is 7.73. The van der Waals surface area contributed by atoms with Gasteiger partial charge in [0.05, 0.1) is 17.9 Å². The molecule has 22 heavy (non-hydrogen) atoms. The van der Waals surface area contributed by atoms with Crippen molar-refractivity contribution in [2.75, 3.05) is 0 Å². The fraction of sp³-hybridized carbons (Fsp3) is 0.250. The number of hydrogen-bond donors (Lipinski definition) is 1.